The van der Waals surface area contributed by atoms with Gasteiger partial charge in [0.05, 0.1) is 11.4 Å². The normalized spacial score (nSPS) is 10.7. The lowest BCUT2D eigenvalue weighted by molar-refractivity contribution is 0.0725. The lowest BCUT2D eigenvalue weighted by atomic mass is 10.3. The molecule has 0 saturated carbocycles. The zero-order valence-electron chi connectivity index (χ0n) is 11.9. The van der Waals surface area contributed by atoms with Crippen LogP contribution in [0, 0.1) is 0 Å². The fraction of sp³-hybridized carbons (Fsp3) is 0.400. The molecule has 20 heavy (non-hydrogen) atoms. The van der Waals surface area contributed by atoms with E-state index in [2.05, 4.69) is 0 Å². The van der Waals surface area contributed by atoms with E-state index in [0.29, 0.717) is 19.7 Å². The van der Waals surface area contributed by atoms with Crippen LogP contribution in [0.15, 0.2) is 35.8 Å². The zero-order chi connectivity index (χ0) is 14.4. The van der Waals surface area contributed by atoms with Gasteiger partial charge in [0, 0.05) is 39.2 Å². The minimum Gasteiger partial charge on any atom is -0.385 e. The monoisotopic (exact) mass is 292 g/mol. The fourth-order valence-corrected chi connectivity index (χ4v) is 2.76. The van der Waals surface area contributed by atoms with Crippen LogP contribution in [-0.4, -0.2) is 35.6 Å². The molecule has 2 aromatic rings. The van der Waals surface area contributed by atoms with Crippen LogP contribution in [0.5, 0.6) is 0 Å². The maximum Gasteiger partial charge on any atom is 0.264 e. The van der Waals surface area contributed by atoms with Gasteiger partial charge in [-0.15, -0.1) is 11.3 Å². The van der Waals surface area contributed by atoms with Crippen LogP contribution in [0.25, 0.3) is 0 Å². The summed E-state index contributed by atoms with van der Waals surface area (Å²) in [5.74, 6) is 0.0947. The molecule has 0 aliphatic heterocycles. The molecule has 0 aliphatic rings. The molecular weight excluding hydrogens is 272 g/mol. The molecular formula is C15H20N2O2S. The van der Waals surface area contributed by atoms with Crippen molar-refractivity contribution in [3.63, 3.8) is 0 Å². The van der Waals surface area contributed by atoms with Gasteiger partial charge in [0.15, 0.2) is 0 Å². The molecule has 0 atom stereocenters. The molecule has 1 amide bonds. The lowest BCUT2D eigenvalue weighted by Crippen LogP contribution is -2.32. The molecule has 0 N–H and O–H groups in total. The Morgan fingerprint density at radius 1 is 1.40 bits per heavy atom. The van der Waals surface area contributed by atoms with Crippen LogP contribution < -0.4 is 0 Å². The second kappa shape index (κ2) is 7.26. The van der Waals surface area contributed by atoms with Gasteiger partial charge in [-0.1, -0.05) is 6.07 Å². The van der Waals surface area contributed by atoms with E-state index in [9.17, 15) is 4.79 Å². The Bertz CT molecular complexity index is 534. The SMILES string of the molecule is COCCCN(Cc1cccn1C)C(=O)c1cccs1. The highest BCUT2D eigenvalue weighted by Crippen LogP contribution is 2.15. The van der Waals surface area contributed by atoms with Crippen molar-refractivity contribution in [3.05, 3.63) is 46.4 Å². The van der Waals surface area contributed by atoms with Crippen LogP contribution in [0.2, 0.25) is 0 Å². The highest BCUT2D eigenvalue weighted by Gasteiger charge is 2.17. The first kappa shape index (κ1) is 14.8. The van der Waals surface area contributed by atoms with E-state index in [1.54, 1.807) is 7.11 Å². The van der Waals surface area contributed by atoms with E-state index in [-0.39, 0.29) is 5.91 Å². The van der Waals surface area contributed by atoms with Crippen molar-refractivity contribution in [1.29, 1.82) is 0 Å². The van der Waals surface area contributed by atoms with E-state index in [4.69, 9.17) is 4.74 Å². The number of aryl methyl sites for hydroxylation is 1. The summed E-state index contributed by atoms with van der Waals surface area (Å²) in [6.07, 6.45) is 2.84. The molecule has 4 nitrogen and oxygen atoms in total. The first-order valence-electron chi connectivity index (χ1n) is 6.64. The molecule has 0 bridgehead atoms. The van der Waals surface area contributed by atoms with Gasteiger partial charge in [-0.3, -0.25) is 4.79 Å². The number of aromatic nitrogens is 1. The average Bonchev–Trinajstić information content (AvgIpc) is 3.09. The van der Waals surface area contributed by atoms with Gasteiger partial charge in [-0.2, -0.15) is 0 Å². The van der Waals surface area contributed by atoms with Crippen LogP contribution in [0.1, 0.15) is 21.8 Å². The molecule has 2 aromatic heterocycles. The summed E-state index contributed by atoms with van der Waals surface area (Å²) in [5.41, 5.74) is 1.13. The molecule has 0 fully saturated rings. The predicted octanol–water partition coefficient (Wildman–Crippen LogP) is 2.77. The molecule has 0 unspecified atom stereocenters. The maximum absolute atomic E-state index is 12.5. The summed E-state index contributed by atoms with van der Waals surface area (Å²) in [5, 5.41) is 1.93. The van der Waals surface area contributed by atoms with Crippen molar-refractivity contribution in [3.8, 4) is 0 Å². The third-order valence-electron chi connectivity index (χ3n) is 3.20. The second-order valence-corrected chi connectivity index (χ2v) is 5.61. The highest BCUT2D eigenvalue weighted by molar-refractivity contribution is 7.12. The van der Waals surface area contributed by atoms with Crippen molar-refractivity contribution < 1.29 is 9.53 Å². The van der Waals surface area contributed by atoms with Gasteiger partial charge in [-0.25, -0.2) is 0 Å². The first-order valence-corrected chi connectivity index (χ1v) is 7.52. The Kier molecular flexibility index (Phi) is 5.38. The smallest absolute Gasteiger partial charge is 0.264 e. The van der Waals surface area contributed by atoms with Gasteiger partial charge in [-0.05, 0) is 30.0 Å². The summed E-state index contributed by atoms with van der Waals surface area (Å²) in [4.78, 5) is 15.2. The number of thiophene rings is 1. The summed E-state index contributed by atoms with van der Waals surface area (Å²) in [6.45, 7) is 2.00. The second-order valence-electron chi connectivity index (χ2n) is 4.66. The molecule has 0 aromatic carbocycles. The number of ether oxygens (including phenoxy) is 1. The summed E-state index contributed by atoms with van der Waals surface area (Å²) in [7, 11) is 3.68. The molecule has 0 spiro atoms. The van der Waals surface area contributed by atoms with Crippen LogP contribution in [-0.2, 0) is 18.3 Å². The van der Waals surface area contributed by atoms with E-state index in [1.807, 2.05) is 52.4 Å². The number of carbonyl (C=O) groups is 1. The van der Waals surface area contributed by atoms with Gasteiger partial charge in [0.1, 0.15) is 0 Å². The predicted molar refractivity (Wildman–Crippen MR) is 81.0 cm³/mol. The molecule has 0 radical (unpaired) electrons. The highest BCUT2D eigenvalue weighted by atomic mass is 32.1. The standard InChI is InChI=1S/C15H20N2O2S/c1-16-8-3-6-13(16)12-17(9-5-10-19-2)15(18)14-7-4-11-20-14/h3-4,6-8,11H,5,9-10,12H2,1-2H3. The van der Waals surface area contributed by atoms with Crippen molar-refractivity contribution in [2.75, 3.05) is 20.3 Å². The molecule has 0 saturated heterocycles. The van der Waals surface area contributed by atoms with E-state index in [1.165, 1.54) is 11.3 Å². The van der Waals surface area contributed by atoms with Crippen molar-refractivity contribution in [2.24, 2.45) is 7.05 Å². The van der Waals surface area contributed by atoms with Crippen LogP contribution >= 0.6 is 11.3 Å². The van der Waals surface area contributed by atoms with Crippen molar-refractivity contribution in [1.82, 2.24) is 9.47 Å². The summed E-state index contributed by atoms with van der Waals surface area (Å²) in [6, 6.07) is 7.83. The number of nitrogens with zero attached hydrogens (tertiary/aromatic N) is 2. The van der Waals surface area contributed by atoms with Gasteiger partial charge < -0.3 is 14.2 Å². The molecule has 2 rings (SSSR count). The van der Waals surface area contributed by atoms with E-state index >= 15 is 0 Å². The van der Waals surface area contributed by atoms with Crippen molar-refractivity contribution in [2.45, 2.75) is 13.0 Å². The average molecular weight is 292 g/mol. The number of rotatable bonds is 7. The third kappa shape index (κ3) is 3.71. The number of hydrogen-bond donors (Lipinski definition) is 0. The summed E-state index contributed by atoms with van der Waals surface area (Å²) < 4.78 is 7.13. The Labute approximate surface area is 123 Å². The topological polar surface area (TPSA) is 34.5 Å². The molecule has 2 heterocycles. The fourth-order valence-electron chi connectivity index (χ4n) is 2.06. The Morgan fingerprint density at radius 2 is 2.25 bits per heavy atom. The quantitative estimate of drug-likeness (QED) is 0.735. The largest absolute Gasteiger partial charge is 0.385 e. The van der Waals surface area contributed by atoms with E-state index < -0.39 is 0 Å². The number of hydrogen-bond acceptors (Lipinski definition) is 3. The van der Waals surface area contributed by atoms with Crippen LogP contribution in [0.4, 0.5) is 0 Å². The minimum atomic E-state index is 0.0947. The minimum absolute atomic E-state index is 0.0947. The Hall–Kier alpha value is -1.59. The Morgan fingerprint density at radius 3 is 2.85 bits per heavy atom. The van der Waals surface area contributed by atoms with Gasteiger partial charge >= 0.3 is 0 Å². The maximum atomic E-state index is 12.5. The van der Waals surface area contributed by atoms with Gasteiger partial charge in [0.25, 0.3) is 5.91 Å². The number of amides is 1. The summed E-state index contributed by atoms with van der Waals surface area (Å²) >= 11 is 1.49. The Balaban J connectivity index is 2.08. The third-order valence-corrected chi connectivity index (χ3v) is 4.06. The van der Waals surface area contributed by atoms with Crippen LogP contribution in [0.3, 0.4) is 0 Å². The number of carbonyl (C=O) groups excluding carboxylic acids is 1. The molecule has 0 aliphatic carbocycles. The van der Waals surface area contributed by atoms with E-state index in [0.717, 1.165) is 17.0 Å². The molecule has 5 heteroatoms. The number of methoxy groups -OCH3 is 1. The lowest BCUT2D eigenvalue weighted by Gasteiger charge is -2.22. The zero-order valence-corrected chi connectivity index (χ0v) is 12.7. The van der Waals surface area contributed by atoms with Crippen molar-refractivity contribution >= 4 is 17.2 Å². The first-order chi connectivity index (χ1) is 9.72. The molecule has 108 valence electrons. The van der Waals surface area contributed by atoms with Gasteiger partial charge in [0.2, 0.25) is 0 Å².